The molecule has 0 aliphatic heterocycles. The molecule has 0 unspecified atom stereocenters. The molecule has 4 rings (SSSR count). The summed E-state index contributed by atoms with van der Waals surface area (Å²) in [5, 5.41) is 13.0. The van der Waals surface area contributed by atoms with Crippen LogP contribution in [0.3, 0.4) is 0 Å². The molecule has 0 saturated carbocycles. The van der Waals surface area contributed by atoms with E-state index in [4.69, 9.17) is 4.74 Å². The molecule has 2 N–H and O–H groups in total. The van der Waals surface area contributed by atoms with Crippen molar-refractivity contribution in [3.63, 3.8) is 0 Å². The highest BCUT2D eigenvalue weighted by Crippen LogP contribution is 2.23. The molecule has 0 aliphatic rings. The van der Waals surface area contributed by atoms with Gasteiger partial charge in [0.2, 0.25) is 5.91 Å². The summed E-state index contributed by atoms with van der Waals surface area (Å²) in [4.78, 5) is 39.6. The molecule has 0 spiro atoms. The lowest BCUT2D eigenvalue weighted by Gasteiger charge is -2.24. The van der Waals surface area contributed by atoms with E-state index in [2.05, 4.69) is 5.32 Å². The fraction of sp³-hybridized carbons (Fsp3) is 0.229. The first-order chi connectivity index (χ1) is 20.7. The molecule has 0 bridgehead atoms. The number of carbonyl (C=O) groups excluding carboxylic acids is 2. The number of halogens is 1. The van der Waals surface area contributed by atoms with Gasteiger partial charge in [-0.15, -0.1) is 0 Å². The molecule has 222 valence electrons. The van der Waals surface area contributed by atoms with Crippen molar-refractivity contribution in [1.82, 2.24) is 0 Å². The topological polar surface area (TPSA) is 95.9 Å². The first kappa shape index (κ1) is 31.0. The van der Waals surface area contributed by atoms with Crippen LogP contribution in [0.2, 0.25) is 0 Å². The third-order valence-corrected chi connectivity index (χ3v) is 6.79. The lowest BCUT2D eigenvalue weighted by atomic mass is 10.00. The minimum absolute atomic E-state index is 0.112. The second-order valence-electron chi connectivity index (χ2n) is 10.6. The zero-order chi connectivity index (χ0) is 30.8. The molecule has 0 heterocycles. The summed E-state index contributed by atoms with van der Waals surface area (Å²) in [6.07, 6.45) is 0.495. The van der Waals surface area contributed by atoms with Gasteiger partial charge in [0, 0.05) is 35.3 Å². The first-order valence-corrected chi connectivity index (χ1v) is 14.2. The molecule has 8 heteroatoms. The van der Waals surface area contributed by atoms with Gasteiger partial charge in [-0.3, -0.25) is 9.59 Å². The minimum Gasteiger partial charge on any atom is -0.492 e. The van der Waals surface area contributed by atoms with Crippen molar-refractivity contribution >= 4 is 29.0 Å². The molecule has 1 atom stereocenters. The Morgan fingerprint density at radius 3 is 2.26 bits per heavy atom. The van der Waals surface area contributed by atoms with Crippen molar-refractivity contribution in [2.75, 3.05) is 23.4 Å². The van der Waals surface area contributed by atoms with Gasteiger partial charge < -0.3 is 20.1 Å². The van der Waals surface area contributed by atoms with Gasteiger partial charge in [0.1, 0.15) is 24.2 Å². The first-order valence-electron chi connectivity index (χ1n) is 14.2. The number of aliphatic carboxylic acids is 1. The van der Waals surface area contributed by atoms with Crippen LogP contribution in [0.15, 0.2) is 103 Å². The fourth-order valence-electron chi connectivity index (χ4n) is 4.65. The number of hydrogen-bond donors (Lipinski definition) is 2. The average molecular weight is 583 g/mol. The summed E-state index contributed by atoms with van der Waals surface area (Å²) in [5.74, 6) is -1.07. The van der Waals surface area contributed by atoms with Crippen LogP contribution in [-0.2, 0) is 16.0 Å². The number of nitrogens with zero attached hydrogens (tertiary/aromatic N) is 1. The smallest absolute Gasteiger partial charge is 0.326 e. The predicted octanol–water partition coefficient (Wildman–Crippen LogP) is 6.62. The Morgan fingerprint density at radius 1 is 0.884 bits per heavy atom. The number of ether oxygens (including phenoxy) is 1. The predicted molar refractivity (Wildman–Crippen MR) is 165 cm³/mol. The van der Waals surface area contributed by atoms with Crippen LogP contribution < -0.4 is 15.0 Å². The van der Waals surface area contributed by atoms with E-state index in [9.17, 15) is 23.9 Å². The van der Waals surface area contributed by atoms with Crippen LogP contribution in [0.5, 0.6) is 5.75 Å². The van der Waals surface area contributed by atoms with Crippen molar-refractivity contribution in [2.45, 2.75) is 32.7 Å². The molecule has 0 radical (unpaired) electrons. The third-order valence-electron chi connectivity index (χ3n) is 6.79. The number of anilines is 2. The molecule has 0 aliphatic carbocycles. The molecular weight excluding hydrogens is 547 g/mol. The lowest BCUT2D eigenvalue weighted by Crippen LogP contribution is -2.35. The van der Waals surface area contributed by atoms with E-state index in [0.29, 0.717) is 34.7 Å². The molecule has 4 aromatic carbocycles. The fourth-order valence-corrected chi connectivity index (χ4v) is 4.65. The van der Waals surface area contributed by atoms with Crippen molar-refractivity contribution in [3.05, 3.63) is 126 Å². The number of carboxylic acids is 1. The van der Waals surface area contributed by atoms with E-state index < -0.39 is 17.8 Å². The van der Waals surface area contributed by atoms with E-state index in [1.54, 1.807) is 84.9 Å². The monoisotopic (exact) mass is 582 g/mol. The zero-order valence-electron chi connectivity index (χ0n) is 24.2. The third kappa shape index (κ3) is 8.75. The summed E-state index contributed by atoms with van der Waals surface area (Å²) in [6.45, 7) is 4.33. The Bertz CT molecular complexity index is 1540. The number of benzene rings is 4. The molecule has 1 amide bonds. The van der Waals surface area contributed by atoms with Gasteiger partial charge in [0.05, 0.1) is 6.54 Å². The largest absolute Gasteiger partial charge is 0.492 e. The number of ketones is 1. The van der Waals surface area contributed by atoms with E-state index in [1.165, 1.54) is 17.0 Å². The van der Waals surface area contributed by atoms with Gasteiger partial charge in [-0.05, 0) is 53.9 Å². The Hall–Kier alpha value is -4.98. The highest BCUT2D eigenvalue weighted by molar-refractivity contribution is 6.12. The zero-order valence-corrected chi connectivity index (χ0v) is 24.2. The van der Waals surface area contributed by atoms with Crippen molar-refractivity contribution in [3.8, 4) is 5.75 Å². The second-order valence-corrected chi connectivity index (χ2v) is 10.6. The van der Waals surface area contributed by atoms with E-state index in [0.717, 1.165) is 5.56 Å². The van der Waals surface area contributed by atoms with Crippen molar-refractivity contribution < 1.29 is 28.6 Å². The van der Waals surface area contributed by atoms with Gasteiger partial charge in [-0.2, -0.15) is 0 Å². The van der Waals surface area contributed by atoms with Crippen LogP contribution >= 0.6 is 0 Å². The van der Waals surface area contributed by atoms with Gasteiger partial charge in [0.25, 0.3) is 0 Å². The molecule has 7 nitrogen and oxygen atoms in total. The Balaban J connectivity index is 1.39. The van der Waals surface area contributed by atoms with Crippen LogP contribution in [0.1, 0.15) is 41.8 Å². The highest BCUT2D eigenvalue weighted by atomic mass is 19.1. The van der Waals surface area contributed by atoms with Crippen LogP contribution in [-0.4, -0.2) is 42.0 Å². The summed E-state index contributed by atoms with van der Waals surface area (Å²) in [7, 11) is 0. The number of hydrogen-bond acceptors (Lipinski definition) is 5. The van der Waals surface area contributed by atoms with Crippen molar-refractivity contribution in [1.29, 1.82) is 0 Å². The van der Waals surface area contributed by atoms with E-state index in [1.807, 2.05) is 19.9 Å². The quantitative estimate of drug-likeness (QED) is 0.162. The van der Waals surface area contributed by atoms with Crippen LogP contribution in [0.4, 0.5) is 15.8 Å². The van der Waals surface area contributed by atoms with Crippen LogP contribution in [0, 0.1) is 11.7 Å². The number of carboxylic acid groups (broad SMARTS) is 1. The number of amides is 1. The van der Waals surface area contributed by atoms with Gasteiger partial charge >= 0.3 is 5.97 Å². The highest BCUT2D eigenvalue weighted by Gasteiger charge is 2.22. The Morgan fingerprint density at radius 2 is 1.58 bits per heavy atom. The van der Waals surface area contributed by atoms with Gasteiger partial charge in [-0.1, -0.05) is 74.5 Å². The van der Waals surface area contributed by atoms with E-state index in [-0.39, 0.29) is 37.2 Å². The molecule has 0 aromatic heterocycles. The average Bonchev–Trinajstić information content (AvgIpc) is 2.99. The lowest BCUT2D eigenvalue weighted by molar-refractivity contribution is -0.137. The summed E-state index contributed by atoms with van der Waals surface area (Å²) in [6, 6.07) is 27.7. The maximum absolute atomic E-state index is 13.8. The Kier molecular flexibility index (Phi) is 10.6. The standard InChI is InChI=1S/C35H35FN2O5/c1-24(2)21-33(39)38(28-12-8-11-27(36)23-28)19-20-43-29-17-15-25(16-18-29)22-32(35(41)42)37-31-14-7-6-13-30(31)34(40)26-9-4-3-5-10-26/h3-18,23-24,32,37H,19-22H2,1-2H3,(H,41,42)/t32-/m0/s1. The Labute approximate surface area is 250 Å². The van der Waals surface area contributed by atoms with Crippen LogP contribution in [0.25, 0.3) is 0 Å². The summed E-state index contributed by atoms with van der Waals surface area (Å²) in [5.41, 5.74) is 2.58. The SMILES string of the molecule is CC(C)CC(=O)N(CCOc1ccc(C[C@H](Nc2ccccc2C(=O)c2ccccc2)C(=O)O)cc1)c1cccc(F)c1. The molecule has 43 heavy (non-hydrogen) atoms. The van der Waals surface area contributed by atoms with E-state index >= 15 is 0 Å². The normalized spacial score (nSPS) is 11.5. The number of carbonyl (C=O) groups is 3. The molecule has 0 saturated heterocycles. The maximum Gasteiger partial charge on any atom is 0.326 e. The molecule has 0 fully saturated rings. The maximum atomic E-state index is 13.8. The summed E-state index contributed by atoms with van der Waals surface area (Å²) >= 11 is 0. The van der Waals surface area contributed by atoms with Gasteiger partial charge in [-0.25, -0.2) is 9.18 Å². The number of rotatable bonds is 14. The molecule has 4 aromatic rings. The minimum atomic E-state index is -1.05. The number of para-hydroxylation sites is 1. The summed E-state index contributed by atoms with van der Waals surface area (Å²) < 4.78 is 19.7. The molecular formula is C35H35FN2O5. The van der Waals surface area contributed by atoms with Gasteiger partial charge in [0.15, 0.2) is 5.78 Å². The second kappa shape index (κ2) is 14.8. The van der Waals surface area contributed by atoms with Crippen molar-refractivity contribution in [2.24, 2.45) is 5.92 Å². The number of nitrogens with one attached hydrogen (secondary N) is 1.